The molecule has 0 aliphatic carbocycles. The van der Waals surface area contributed by atoms with E-state index in [-0.39, 0.29) is 0 Å². The van der Waals surface area contributed by atoms with Gasteiger partial charge in [-0.25, -0.2) is 0 Å². The van der Waals surface area contributed by atoms with E-state index in [9.17, 15) is 0 Å². The fourth-order valence-electron chi connectivity index (χ4n) is 1.73. The summed E-state index contributed by atoms with van der Waals surface area (Å²) in [6.07, 6.45) is 2.26. The molecule has 0 bridgehead atoms. The van der Waals surface area contributed by atoms with Crippen molar-refractivity contribution in [3.63, 3.8) is 0 Å². The minimum Gasteiger partial charge on any atom is -0.381 e. The van der Waals surface area contributed by atoms with Crippen molar-refractivity contribution in [2.75, 3.05) is 46.4 Å². The van der Waals surface area contributed by atoms with Gasteiger partial charge in [0.2, 0.25) is 0 Å². The highest BCUT2D eigenvalue weighted by molar-refractivity contribution is 4.54. The Morgan fingerprint density at radius 3 is 2.50 bits per heavy atom. The predicted molar refractivity (Wildman–Crippen MR) is 70.9 cm³/mol. The minimum absolute atomic E-state index is 0.756. The van der Waals surface area contributed by atoms with Crippen molar-refractivity contribution >= 4 is 0 Å². The lowest BCUT2D eigenvalue weighted by molar-refractivity contribution is 0.120. The highest BCUT2D eigenvalue weighted by atomic mass is 16.5. The summed E-state index contributed by atoms with van der Waals surface area (Å²) in [5, 5.41) is 3.29. The van der Waals surface area contributed by atoms with Gasteiger partial charge < -0.3 is 15.0 Å². The van der Waals surface area contributed by atoms with Crippen LogP contribution < -0.4 is 5.32 Å². The summed E-state index contributed by atoms with van der Waals surface area (Å²) < 4.78 is 5.57. The standard InChI is InChI=1S/C13H30N2O/c1-5-14-8-6-10-16-11-7-9-15(4)12-13(2)3/h13-14H,5-12H2,1-4H3. The Kier molecular flexibility index (Phi) is 11.3. The Morgan fingerprint density at radius 2 is 1.88 bits per heavy atom. The summed E-state index contributed by atoms with van der Waals surface area (Å²) in [5.74, 6) is 0.756. The largest absolute Gasteiger partial charge is 0.381 e. The molecule has 0 aromatic heterocycles. The van der Waals surface area contributed by atoms with Crippen LogP contribution in [-0.4, -0.2) is 51.3 Å². The van der Waals surface area contributed by atoms with E-state index in [2.05, 4.69) is 38.0 Å². The van der Waals surface area contributed by atoms with Gasteiger partial charge in [-0.05, 0) is 38.9 Å². The van der Waals surface area contributed by atoms with Gasteiger partial charge in [0.05, 0.1) is 0 Å². The lowest BCUT2D eigenvalue weighted by Gasteiger charge is -2.18. The van der Waals surface area contributed by atoms with Gasteiger partial charge in [-0.3, -0.25) is 0 Å². The molecule has 0 fully saturated rings. The molecule has 0 unspecified atom stereocenters. The fourth-order valence-corrected chi connectivity index (χ4v) is 1.73. The molecule has 0 saturated heterocycles. The lowest BCUT2D eigenvalue weighted by Crippen LogP contribution is -2.25. The van der Waals surface area contributed by atoms with Gasteiger partial charge in [0.25, 0.3) is 0 Å². The van der Waals surface area contributed by atoms with Gasteiger partial charge in [-0.15, -0.1) is 0 Å². The summed E-state index contributed by atoms with van der Waals surface area (Å²) in [4.78, 5) is 2.38. The molecule has 1 N–H and O–H groups in total. The average molecular weight is 230 g/mol. The van der Waals surface area contributed by atoms with Crippen molar-refractivity contribution < 1.29 is 4.74 Å². The minimum atomic E-state index is 0.756. The van der Waals surface area contributed by atoms with E-state index >= 15 is 0 Å². The second-order valence-electron chi connectivity index (χ2n) is 4.83. The quantitative estimate of drug-likeness (QED) is 0.549. The molecule has 0 aromatic carbocycles. The van der Waals surface area contributed by atoms with Crippen LogP contribution in [0.5, 0.6) is 0 Å². The molecule has 0 radical (unpaired) electrons. The predicted octanol–water partition coefficient (Wildman–Crippen LogP) is 1.98. The number of nitrogens with zero attached hydrogens (tertiary/aromatic N) is 1. The fraction of sp³-hybridized carbons (Fsp3) is 1.00. The van der Waals surface area contributed by atoms with E-state index in [1.54, 1.807) is 0 Å². The second kappa shape index (κ2) is 11.4. The van der Waals surface area contributed by atoms with Gasteiger partial charge in [-0.2, -0.15) is 0 Å². The molecule has 0 amide bonds. The third kappa shape index (κ3) is 12.0. The van der Waals surface area contributed by atoms with Crippen molar-refractivity contribution in [3.05, 3.63) is 0 Å². The first kappa shape index (κ1) is 15.9. The monoisotopic (exact) mass is 230 g/mol. The molecular formula is C13H30N2O. The Bertz CT molecular complexity index is 140. The summed E-state index contributed by atoms with van der Waals surface area (Å²) in [5.41, 5.74) is 0. The van der Waals surface area contributed by atoms with Crippen molar-refractivity contribution in [1.82, 2.24) is 10.2 Å². The van der Waals surface area contributed by atoms with Crippen molar-refractivity contribution in [1.29, 1.82) is 0 Å². The van der Waals surface area contributed by atoms with Crippen LogP contribution in [-0.2, 0) is 4.74 Å². The van der Waals surface area contributed by atoms with Crippen LogP contribution in [0.3, 0.4) is 0 Å². The topological polar surface area (TPSA) is 24.5 Å². The first-order chi connectivity index (χ1) is 7.66. The average Bonchev–Trinajstić information content (AvgIpc) is 2.21. The second-order valence-corrected chi connectivity index (χ2v) is 4.83. The zero-order chi connectivity index (χ0) is 12.2. The number of hydrogen-bond donors (Lipinski definition) is 1. The Balaban J connectivity index is 3.08. The van der Waals surface area contributed by atoms with Gasteiger partial charge in [0, 0.05) is 26.3 Å². The van der Waals surface area contributed by atoms with Crippen LogP contribution in [0.25, 0.3) is 0 Å². The molecule has 0 spiro atoms. The SMILES string of the molecule is CCNCCCOCCCN(C)CC(C)C. The molecule has 98 valence electrons. The first-order valence-electron chi connectivity index (χ1n) is 6.63. The third-order valence-corrected chi connectivity index (χ3v) is 2.40. The van der Waals surface area contributed by atoms with Crippen LogP contribution >= 0.6 is 0 Å². The smallest absolute Gasteiger partial charge is 0.0478 e. The molecule has 0 heterocycles. The molecule has 0 atom stereocenters. The van der Waals surface area contributed by atoms with Crippen LogP contribution in [0.15, 0.2) is 0 Å². The van der Waals surface area contributed by atoms with E-state index in [0.29, 0.717) is 0 Å². The van der Waals surface area contributed by atoms with Crippen LogP contribution in [0.4, 0.5) is 0 Å². The van der Waals surface area contributed by atoms with Gasteiger partial charge in [0.15, 0.2) is 0 Å². The lowest BCUT2D eigenvalue weighted by atomic mass is 10.2. The molecule has 0 saturated carbocycles. The summed E-state index contributed by atoms with van der Waals surface area (Å²) in [7, 11) is 2.19. The molecule has 0 aromatic rings. The van der Waals surface area contributed by atoms with E-state index in [4.69, 9.17) is 4.74 Å². The van der Waals surface area contributed by atoms with Crippen LogP contribution in [0.2, 0.25) is 0 Å². The Hall–Kier alpha value is -0.120. The highest BCUT2D eigenvalue weighted by Crippen LogP contribution is 1.97. The molecule has 16 heavy (non-hydrogen) atoms. The maximum absolute atomic E-state index is 5.57. The summed E-state index contributed by atoms with van der Waals surface area (Å²) in [6, 6.07) is 0. The normalized spacial score (nSPS) is 11.6. The maximum Gasteiger partial charge on any atom is 0.0478 e. The van der Waals surface area contributed by atoms with E-state index in [1.807, 2.05) is 0 Å². The zero-order valence-electron chi connectivity index (χ0n) is 11.6. The highest BCUT2D eigenvalue weighted by Gasteiger charge is 2.00. The van der Waals surface area contributed by atoms with E-state index in [1.165, 1.54) is 6.54 Å². The Morgan fingerprint density at radius 1 is 1.19 bits per heavy atom. The van der Waals surface area contributed by atoms with E-state index < -0.39 is 0 Å². The summed E-state index contributed by atoms with van der Waals surface area (Å²) >= 11 is 0. The van der Waals surface area contributed by atoms with Gasteiger partial charge in [-0.1, -0.05) is 20.8 Å². The van der Waals surface area contributed by atoms with Crippen LogP contribution in [0.1, 0.15) is 33.6 Å². The first-order valence-corrected chi connectivity index (χ1v) is 6.63. The molecule has 0 aliphatic heterocycles. The van der Waals surface area contributed by atoms with Crippen molar-refractivity contribution in [3.8, 4) is 0 Å². The van der Waals surface area contributed by atoms with Crippen LogP contribution in [0, 0.1) is 5.92 Å². The number of hydrogen-bond acceptors (Lipinski definition) is 3. The maximum atomic E-state index is 5.57. The van der Waals surface area contributed by atoms with Crippen molar-refractivity contribution in [2.24, 2.45) is 5.92 Å². The molecule has 3 nitrogen and oxygen atoms in total. The number of rotatable bonds is 11. The molecular weight excluding hydrogens is 200 g/mol. The van der Waals surface area contributed by atoms with Gasteiger partial charge in [0.1, 0.15) is 0 Å². The third-order valence-electron chi connectivity index (χ3n) is 2.40. The molecule has 3 heteroatoms. The number of nitrogens with one attached hydrogen (secondary N) is 1. The van der Waals surface area contributed by atoms with Crippen molar-refractivity contribution in [2.45, 2.75) is 33.6 Å². The molecule has 0 aliphatic rings. The van der Waals surface area contributed by atoms with E-state index in [0.717, 1.165) is 51.6 Å². The zero-order valence-corrected chi connectivity index (χ0v) is 11.6. The number of ether oxygens (including phenoxy) is 1. The summed E-state index contributed by atoms with van der Waals surface area (Å²) in [6.45, 7) is 12.9. The molecule has 0 rings (SSSR count). The van der Waals surface area contributed by atoms with Gasteiger partial charge >= 0.3 is 0 Å². The Labute approximate surface area is 102 Å².